The summed E-state index contributed by atoms with van der Waals surface area (Å²) in [5, 5.41) is 9.82. The van der Waals surface area contributed by atoms with Gasteiger partial charge in [0.25, 0.3) is 0 Å². The molecule has 12 aromatic rings. The smallest absolute Gasteiger partial charge is 0.0562 e. The molecule has 0 saturated carbocycles. The Morgan fingerprint density at radius 1 is 0.288 bits per heavy atom. The molecule has 3 nitrogen and oxygen atoms in total. The molecule has 0 aliphatic carbocycles. The Morgan fingerprint density at radius 2 is 0.831 bits per heavy atom. The fraction of sp³-hybridized carbons (Fsp3) is 0. The summed E-state index contributed by atoms with van der Waals surface area (Å²) in [5.74, 6) is 0. The zero-order chi connectivity index (χ0) is 38.9. The van der Waals surface area contributed by atoms with Crippen LogP contribution in [-0.2, 0) is 0 Å². The quantitative estimate of drug-likeness (QED) is 0.154. The number of nitrogens with zero attached hydrogens (tertiary/aromatic N) is 3. The normalized spacial score (nSPS) is 11.7. The van der Waals surface area contributed by atoms with Crippen molar-refractivity contribution in [3.63, 3.8) is 0 Å². The number of para-hydroxylation sites is 4. The van der Waals surface area contributed by atoms with Gasteiger partial charge in [0.15, 0.2) is 0 Å². The number of benzene rings is 10. The fourth-order valence-electron chi connectivity index (χ4n) is 9.50. The standard InChI is InChI=1S/C56H37N3/c1-3-19-41(20-4-1)57-51-30-14-12-28-49(51)56-52(57)31-16-32-53(56)59(55-37-40-17-7-8-24-44(40)45-25-9-10-26-46(45)55)43-23-15-18-38(35-43)39-33-34-48-47-27-11-13-29-50(47)58(54(48)36-39)42-21-5-2-6-22-42/h1-37H. The second kappa shape index (κ2) is 13.4. The van der Waals surface area contributed by atoms with E-state index in [-0.39, 0.29) is 0 Å². The molecular formula is C56H37N3. The molecule has 0 radical (unpaired) electrons. The fourth-order valence-corrected chi connectivity index (χ4v) is 9.50. The van der Waals surface area contributed by atoms with Gasteiger partial charge in [0.05, 0.1) is 33.4 Å². The molecular weight excluding hydrogens is 715 g/mol. The van der Waals surface area contributed by atoms with E-state index in [2.05, 4.69) is 238 Å². The van der Waals surface area contributed by atoms with Crippen molar-refractivity contribution in [3.8, 4) is 22.5 Å². The van der Waals surface area contributed by atoms with E-state index in [4.69, 9.17) is 0 Å². The van der Waals surface area contributed by atoms with Crippen LogP contribution >= 0.6 is 0 Å². The molecule has 3 heteroatoms. The van der Waals surface area contributed by atoms with E-state index in [1.54, 1.807) is 0 Å². The second-order valence-electron chi connectivity index (χ2n) is 15.3. The van der Waals surface area contributed by atoms with Crippen molar-refractivity contribution in [1.29, 1.82) is 0 Å². The van der Waals surface area contributed by atoms with Crippen LogP contribution < -0.4 is 4.90 Å². The summed E-state index contributed by atoms with van der Waals surface area (Å²) >= 11 is 0. The van der Waals surface area contributed by atoms with Crippen LogP contribution in [0.2, 0.25) is 0 Å². The van der Waals surface area contributed by atoms with Crippen LogP contribution in [0.3, 0.4) is 0 Å². The molecule has 0 aliphatic rings. The Kier molecular flexibility index (Phi) is 7.54. The summed E-state index contributed by atoms with van der Waals surface area (Å²) in [6.07, 6.45) is 0. The van der Waals surface area contributed by atoms with E-state index < -0.39 is 0 Å². The average Bonchev–Trinajstić information content (AvgIpc) is 3.83. The van der Waals surface area contributed by atoms with Gasteiger partial charge < -0.3 is 14.0 Å². The highest BCUT2D eigenvalue weighted by atomic mass is 15.1. The van der Waals surface area contributed by atoms with Crippen LogP contribution in [0.1, 0.15) is 0 Å². The maximum Gasteiger partial charge on any atom is 0.0562 e. The van der Waals surface area contributed by atoms with Gasteiger partial charge in [-0.1, -0.05) is 152 Å². The van der Waals surface area contributed by atoms with Gasteiger partial charge >= 0.3 is 0 Å². The Hall–Kier alpha value is -7.88. The van der Waals surface area contributed by atoms with Crippen LogP contribution in [0, 0.1) is 0 Å². The Balaban J connectivity index is 1.14. The lowest BCUT2D eigenvalue weighted by Gasteiger charge is -2.29. The van der Waals surface area contributed by atoms with Crippen molar-refractivity contribution in [1.82, 2.24) is 9.13 Å². The second-order valence-corrected chi connectivity index (χ2v) is 15.3. The number of rotatable bonds is 6. The maximum absolute atomic E-state index is 2.50. The molecule has 0 N–H and O–H groups in total. The molecule has 0 bridgehead atoms. The molecule has 0 saturated heterocycles. The van der Waals surface area contributed by atoms with Crippen molar-refractivity contribution in [2.45, 2.75) is 0 Å². The van der Waals surface area contributed by atoms with Crippen molar-refractivity contribution in [3.05, 3.63) is 224 Å². The predicted octanol–water partition coefficient (Wildman–Crippen LogP) is 15.3. The highest BCUT2D eigenvalue weighted by Gasteiger charge is 2.23. The van der Waals surface area contributed by atoms with E-state index in [1.165, 1.54) is 70.7 Å². The lowest BCUT2D eigenvalue weighted by atomic mass is 9.98. The number of fused-ring (bicyclic) bond motifs is 9. The van der Waals surface area contributed by atoms with Gasteiger partial charge in [-0.05, 0) is 100 Å². The summed E-state index contributed by atoms with van der Waals surface area (Å²) in [6.45, 7) is 0. The van der Waals surface area contributed by atoms with Crippen molar-refractivity contribution >= 4 is 82.2 Å². The van der Waals surface area contributed by atoms with Crippen molar-refractivity contribution < 1.29 is 0 Å². The molecule has 2 heterocycles. The molecule has 276 valence electrons. The monoisotopic (exact) mass is 751 g/mol. The van der Waals surface area contributed by atoms with Crippen LogP contribution in [-0.4, -0.2) is 9.13 Å². The van der Waals surface area contributed by atoms with Gasteiger partial charge in [0.1, 0.15) is 0 Å². The van der Waals surface area contributed by atoms with E-state index >= 15 is 0 Å². The minimum absolute atomic E-state index is 1.09. The molecule has 0 spiro atoms. The van der Waals surface area contributed by atoms with E-state index in [9.17, 15) is 0 Å². The maximum atomic E-state index is 2.50. The third-order valence-electron chi connectivity index (χ3n) is 12.0. The van der Waals surface area contributed by atoms with Crippen molar-refractivity contribution in [2.75, 3.05) is 4.90 Å². The van der Waals surface area contributed by atoms with Crippen LogP contribution in [0.4, 0.5) is 17.1 Å². The van der Waals surface area contributed by atoms with Gasteiger partial charge in [-0.15, -0.1) is 0 Å². The summed E-state index contributed by atoms with van der Waals surface area (Å²) in [6, 6.07) is 81.8. The first-order valence-corrected chi connectivity index (χ1v) is 20.3. The minimum Gasteiger partial charge on any atom is -0.309 e. The van der Waals surface area contributed by atoms with Gasteiger partial charge in [0, 0.05) is 44.0 Å². The van der Waals surface area contributed by atoms with Gasteiger partial charge in [0.2, 0.25) is 0 Å². The highest BCUT2D eigenvalue weighted by Crippen LogP contribution is 2.47. The highest BCUT2D eigenvalue weighted by molar-refractivity contribution is 6.20. The molecule has 0 amide bonds. The molecule has 0 atom stereocenters. The lowest BCUT2D eigenvalue weighted by molar-refractivity contribution is 1.18. The molecule has 0 unspecified atom stereocenters. The molecule has 2 aromatic heterocycles. The van der Waals surface area contributed by atoms with Gasteiger partial charge in [-0.2, -0.15) is 0 Å². The Morgan fingerprint density at radius 3 is 1.59 bits per heavy atom. The molecule has 59 heavy (non-hydrogen) atoms. The number of anilines is 3. The van der Waals surface area contributed by atoms with Crippen LogP contribution in [0.15, 0.2) is 224 Å². The largest absolute Gasteiger partial charge is 0.309 e. The Labute approximate surface area is 341 Å². The molecule has 0 fully saturated rings. The molecule has 10 aromatic carbocycles. The van der Waals surface area contributed by atoms with E-state index in [1.807, 2.05) is 0 Å². The summed E-state index contributed by atoms with van der Waals surface area (Å²) < 4.78 is 4.80. The summed E-state index contributed by atoms with van der Waals surface area (Å²) in [4.78, 5) is 2.50. The first-order valence-electron chi connectivity index (χ1n) is 20.3. The van der Waals surface area contributed by atoms with Crippen molar-refractivity contribution in [2.24, 2.45) is 0 Å². The van der Waals surface area contributed by atoms with Gasteiger partial charge in [-0.3, -0.25) is 0 Å². The first-order chi connectivity index (χ1) is 29.3. The first kappa shape index (κ1) is 33.3. The average molecular weight is 752 g/mol. The third kappa shape index (κ3) is 5.22. The third-order valence-corrected chi connectivity index (χ3v) is 12.0. The SMILES string of the molecule is c1ccc(-n2c3ccccc3c3ccc(-c4cccc(N(c5cc6ccccc6c6ccccc56)c5cccc6c5c5ccccc5n6-c5ccccc5)c4)cc32)cc1. The lowest BCUT2D eigenvalue weighted by Crippen LogP contribution is -2.11. The Bertz CT molecular complexity index is 3560. The predicted molar refractivity (Wildman–Crippen MR) is 250 cm³/mol. The summed E-state index contributed by atoms with van der Waals surface area (Å²) in [7, 11) is 0. The van der Waals surface area contributed by atoms with E-state index in [0.717, 1.165) is 34.0 Å². The van der Waals surface area contributed by atoms with Crippen LogP contribution in [0.5, 0.6) is 0 Å². The minimum atomic E-state index is 1.09. The van der Waals surface area contributed by atoms with Gasteiger partial charge in [-0.25, -0.2) is 0 Å². The topological polar surface area (TPSA) is 13.1 Å². The zero-order valence-electron chi connectivity index (χ0n) is 32.2. The van der Waals surface area contributed by atoms with Crippen LogP contribution in [0.25, 0.3) is 87.7 Å². The summed E-state index contributed by atoms with van der Waals surface area (Å²) in [5.41, 5.74) is 12.7. The van der Waals surface area contributed by atoms with E-state index in [0.29, 0.717) is 0 Å². The molecule has 12 rings (SSSR count). The number of hydrogen-bond acceptors (Lipinski definition) is 1. The zero-order valence-corrected chi connectivity index (χ0v) is 32.2. The molecule has 0 aliphatic heterocycles. The number of aromatic nitrogens is 2. The number of hydrogen-bond donors (Lipinski definition) is 0.